The van der Waals surface area contributed by atoms with Gasteiger partial charge in [-0.3, -0.25) is 9.59 Å². The van der Waals surface area contributed by atoms with Crippen molar-refractivity contribution in [3.05, 3.63) is 82.9 Å². The first-order valence-corrected chi connectivity index (χ1v) is 11.1. The molecule has 3 rings (SSSR count). The van der Waals surface area contributed by atoms with E-state index in [2.05, 4.69) is 15.8 Å². The van der Waals surface area contributed by atoms with Crippen LogP contribution in [0.3, 0.4) is 0 Å². The van der Waals surface area contributed by atoms with Crippen LogP contribution in [0.15, 0.2) is 65.8 Å². The molecule has 2 N–H and O–H groups in total. The summed E-state index contributed by atoms with van der Waals surface area (Å²) in [6, 6.07) is 17.6. The maximum atomic E-state index is 12.3. The van der Waals surface area contributed by atoms with E-state index in [0.29, 0.717) is 35.0 Å². The third-order valence-electron chi connectivity index (χ3n) is 5.15. The average molecular weight is 476 g/mol. The van der Waals surface area contributed by atoms with Crippen LogP contribution < -0.4 is 25.0 Å². The molecule has 3 aromatic carbocycles. The van der Waals surface area contributed by atoms with Crippen molar-refractivity contribution in [1.82, 2.24) is 5.43 Å². The van der Waals surface area contributed by atoms with E-state index in [9.17, 15) is 9.59 Å². The van der Waals surface area contributed by atoms with Crippen LogP contribution in [0.5, 0.6) is 17.2 Å². The minimum Gasteiger partial charge on any atom is -0.497 e. The maximum Gasteiger partial charge on any atom is 0.271 e. The number of nitrogens with one attached hydrogen (secondary N) is 2. The summed E-state index contributed by atoms with van der Waals surface area (Å²) in [5.41, 5.74) is 6.61. The number of amides is 2. The second kappa shape index (κ2) is 12.2. The summed E-state index contributed by atoms with van der Waals surface area (Å²) in [5.74, 6) is 0.947. The van der Waals surface area contributed by atoms with Gasteiger partial charge in [0.05, 0.1) is 19.9 Å². The summed E-state index contributed by atoms with van der Waals surface area (Å²) in [6.45, 7) is 6.11. The van der Waals surface area contributed by atoms with Gasteiger partial charge in [0.2, 0.25) is 0 Å². The highest BCUT2D eigenvalue weighted by Crippen LogP contribution is 2.28. The molecule has 0 radical (unpaired) electrons. The number of anilines is 1. The van der Waals surface area contributed by atoms with Crippen molar-refractivity contribution >= 4 is 23.7 Å². The Morgan fingerprint density at radius 3 is 2.37 bits per heavy atom. The third-order valence-corrected chi connectivity index (χ3v) is 5.15. The Morgan fingerprint density at radius 2 is 1.69 bits per heavy atom. The zero-order valence-corrected chi connectivity index (χ0v) is 20.3. The van der Waals surface area contributed by atoms with Crippen LogP contribution in [-0.2, 0) is 4.79 Å². The molecule has 0 aliphatic rings. The SMILES string of the molecule is CCOc1cc(/C=N\NC(=O)c2ccc(OC)cc2)ccc1OCC(=O)Nc1ccc(C)c(C)c1. The number of hydrogen-bond acceptors (Lipinski definition) is 6. The highest BCUT2D eigenvalue weighted by Gasteiger charge is 2.10. The van der Waals surface area contributed by atoms with Gasteiger partial charge in [0.1, 0.15) is 5.75 Å². The second-order valence-corrected chi connectivity index (χ2v) is 7.70. The van der Waals surface area contributed by atoms with E-state index in [1.165, 1.54) is 6.21 Å². The van der Waals surface area contributed by atoms with Gasteiger partial charge in [0.25, 0.3) is 11.8 Å². The number of aryl methyl sites for hydroxylation is 2. The maximum absolute atomic E-state index is 12.3. The van der Waals surface area contributed by atoms with Gasteiger partial charge in [-0.1, -0.05) is 6.07 Å². The summed E-state index contributed by atoms with van der Waals surface area (Å²) in [4.78, 5) is 24.6. The van der Waals surface area contributed by atoms with Gasteiger partial charge in [-0.05, 0) is 92.1 Å². The molecule has 8 heteroatoms. The van der Waals surface area contributed by atoms with Crippen LogP contribution in [0.1, 0.15) is 34.0 Å². The highest BCUT2D eigenvalue weighted by atomic mass is 16.5. The van der Waals surface area contributed by atoms with Crippen LogP contribution in [0.2, 0.25) is 0 Å². The van der Waals surface area contributed by atoms with Crippen molar-refractivity contribution in [2.45, 2.75) is 20.8 Å². The fraction of sp³-hybridized carbons (Fsp3) is 0.222. The van der Waals surface area contributed by atoms with Crippen molar-refractivity contribution in [1.29, 1.82) is 0 Å². The average Bonchev–Trinajstić information content (AvgIpc) is 2.86. The van der Waals surface area contributed by atoms with Gasteiger partial charge in [-0.15, -0.1) is 0 Å². The first kappa shape index (κ1) is 25.3. The van der Waals surface area contributed by atoms with Crippen molar-refractivity contribution in [3.63, 3.8) is 0 Å². The fourth-order valence-electron chi connectivity index (χ4n) is 3.12. The Labute approximate surface area is 204 Å². The number of hydrazone groups is 1. The lowest BCUT2D eigenvalue weighted by Crippen LogP contribution is -2.20. The topological polar surface area (TPSA) is 98.2 Å². The summed E-state index contributed by atoms with van der Waals surface area (Å²) >= 11 is 0. The number of benzene rings is 3. The molecular formula is C27H29N3O5. The van der Waals surface area contributed by atoms with Crippen LogP contribution in [0, 0.1) is 13.8 Å². The predicted octanol–water partition coefficient (Wildman–Crippen LogP) is 4.49. The summed E-state index contributed by atoms with van der Waals surface area (Å²) in [6.07, 6.45) is 1.50. The van der Waals surface area contributed by atoms with Crippen molar-refractivity contribution < 1.29 is 23.8 Å². The normalized spacial score (nSPS) is 10.6. The molecule has 0 aliphatic heterocycles. The molecule has 0 bridgehead atoms. The van der Waals surface area contributed by atoms with Crippen LogP contribution in [0.25, 0.3) is 0 Å². The minimum absolute atomic E-state index is 0.168. The van der Waals surface area contributed by atoms with Crippen LogP contribution in [0.4, 0.5) is 5.69 Å². The van der Waals surface area contributed by atoms with Gasteiger partial charge in [0, 0.05) is 11.3 Å². The summed E-state index contributed by atoms with van der Waals surface area (Å²) < 4.78 is 16.4. The van der Waals surface area contributed by atoms with E-state index in [0.717, 1.165) is 16.8 Å². The quantitative estimate of drug-likeness (QED) is 0.333. The number of rotatable bonds is 10. The van der Waals surface area contributed by atoms with E-state index in [4.69, 9.17) is 14.2 Å². The first-order chi connectivity index (χ1) is 16.9. The fourth-order valence-corrected chi connectivity index (χ4v) is 3.12. The molecule has 0 saturated heterocycles. The van der Waals surface area contributed by atoms with E-state index < -0.39 is 0 Å². The lowest BCUT2D eigenvalue weighted by Gasteiger charge is -2.13. The highest BCUT2D eigenvalue weighted by molar-refractivity contribution is 5.95. The zero-order valence-electron chi connectivity index (χ0n) is 20.3. The lowest BCUT2D eigenvalue weighted by atomic mass is 10.1. The van der Waals surface area contributed by atoms with Crippen LogP contribution in [-0.4, -0.2) is 38.4 Å². The Balaban J connectivity index is 1.59. The molecule has 0 aliphatic carbocycles. The van der Waals surface area contributed by atoms with Gasteiger partial charge in [0.15, 0.2) is 18.1 Å². The van der Waals surface area contributed by atoms with Crippen molar-refractivity contribution in [2.24, 2.45) is 5.10 Å². The minimum atomic E-state index is -0.344. The van der Waals surface area contributed by atoms with Gasteiger partial charge >= 0.3 is 0 Å². The molecule has 0 saturated carbocycles. The molecule has 2 amide bonds. The molecule has 0 fully saturated rings. The monoisotopic (exact) mass is 475 g/mol. The van der Waals surface area contributed by atoms with E-state index in [1.807, 2.05) is 39.0 Å². The Kier molecular flexibility index (Phi) is 8.83. The predicted molar refractivity (Wildman–Crippen MR) is 136 cm³/mol. The first-order valence-electron chi connectivity index (χ1n) is 11.1. The Hall–Kier alpha value is -4.33. The molecule has 35 heavy (non-hydrogen) atoms. The molecule has 0 heterocycles. The standard InChI is InChI=1S/C27H29N3O5/c1-5-34-25-15-20(16-28-30-27(32)21-8-11-23(33-4)12-9-21)7-13-24(25)35-17-26(31)29-22-10-6-18(2)19(3)14-22/h6-16H,5,17H2,1-4H3,(H,29,31)(H,30,32)/b28-16-. The Morgan fingerprint density at radius 1 is 0.914 bits per heavy atom. The number of carbonyl (C=O) groups is 2. The largest absolute Gasteiger partial charge is 0.497 e. The Bertz CT molecular complexity index is 1210. The zero-order chi connectivity index (χ0) is 25.2. The molecule has 3 aromatic rings. The van der Waals surface area contributed by atoms with E-state index in [-0.39, 0.29) is 18.4 Å². The molecule has 182 valence electrons. The number of carbonyl (C=O) groups excluding carboxylic acids is 2. The lowest BCUT2D eigenvalue weighted by molar-refractivity contribution is -0.118. The van der Waals surface area contributed by atoms with E-state index in [1.54, 1.807) is 49.6 Å². The molecule has 0 aromatic heterocycles. The summed E-state index contributed by atoms with van der Waals surface area (Å²) in [5, 5.41) is 6.84. The summed E-state index contributed by atoms with van der Waals surface area (Å²) in [7, 11) is 1.56. The number of hydrogen-bond donors (Lipinski definition) is 2. The van der Waals surface area contributed by atoms with E-state index >= 15 is 0 Å². The smallest absolute Gasteiger partial charge is 0.271 e. The second-order valence-electron chi connectivity index (χ2n) is 7.70. The third kappa shape index (κ3) is 7.33. The molecule has 0 atom stereocenters. The number of ether oxygens (including phenoxy) is 3. The van der Waals surface area contributed by atoms with Gasteiger partial charge in [-0.2, -0.15) is 5.10 Å². The van der Waals surface area contributed by atoms with Gasteiger partial charge in [-0.25, -0.2) is 5.43 Å². The molecular weight excluding hydrogens is 446 g/mol. The molecule has 8 nitrogen and oxygen atoms in total. The van der Waals surface area contributed by atoms with Gasteiger partial charge < -0.3 is 19.5 Å². The molecule has 0 unspecified atom stereocenters. The van der Waals surface area contributed by atoms with Crippen molar-refractivity contribution in [2.75, 3.05) is 25.6 Å². The van der Waals surface area contributed by atoms with Crippen LogP contribution >= 0.6 is 0 Å². The molecule has 0 spiro atoms. The number of methoxy groups -OCH3 is 1. The number of nitrogens with zero attached hydrogens (tertiary/aromatic N) is 1. The van der Waals surface area contributed by atoms with Crippen molar-refractivity contribution in [3.8, 4) is 17.2 Å².